The summed E-state index contributed by atoms with van der Waals surface area (Å²) in [5, 5.41) is 5.09. The Morgan fingerprint density at radius 3 is 2.33 bits per heavy atom. The van der Waals surface area contributed by atoms with Crippen LogP contribution in [0.15, 0.2) is 42.5 Å². The molecule has 0 unspecified atom stereocenters. The molecule has 0 atom stereocenters. The molecule has 2 amide bonds. The molecule has 1 fully saturated rings. The third-order valence-electron chi connectivity index (χ3n) is 5.14. The number of amides is 2. The van der Waals surface area contributed by atoms with Crippen LogP contribution in [0.5, 0.6) is 0 Å². The van der Waals surface area contributed by atoms with Crippen LogP contribution in [0.2, 0.25) is 0 Å². The first kappa shape index (κ1) is 21.9. The van der Waals surface area contributed by atoms with Gasteiger partial charge in [0.15, 0.2) is 11.6 Å². The SMILES string of the molecule is CN1CCN(CCc2ccc(NC(=O)CNC(=O)c3ccc(F)c(F)c3)cc2)CC1. The van der Waals surface area contributed by atoms with Crippen molar-refractivity contribution in [2.45, 2.75) is 6.42 Å². The molecule has 8 heteroatoms. The van der Waals surface area contributed by atoms with E-state index in [-0.39, 0.29) is 12.1 Å². The second-order valence-corrected chi connectivity index (χ2v) is 7.45. The number of benzene rings is 2. The maximum absolute atomic E-state index is 13.2. The predicted octanol–water partition coefficient (Wildman–Crippen LogP) is 2.12. The third kappa shape index (κ3) is 6.33. The fourth-order valence-electron chi connectivity index (χ4n) is 3.22. The van der Waals surface area contributed by atoms with E-state index in [9.17, 15) is 18.4 Å². The van der Waals surface area contributed by atoms with Crippen LogP contribution in [-0.4, -0.2) is 67.9 Å². The minimum absolute atomic E-state index is 0.0496. The average molecular weight is 416 g/mol. The fourth-order valence-corrected chi connectivity index (χ4v) is 3.22. The molecular formula is C22H26F2N4O2. The summed E-state index contributed by atoms with van der Waals surface area (Å²) in [5.41, 5.74) is 1.77. The summed E-state index contributed by atoms with van der Waals surface area (Å²) < 4.78 is 26.1. The van der Waals surface area contributed by atoms with Gasteiger partial charge in [-0.25, -0.2) is 8.78 Å². The van der Waals surface area contributed by atoms with Crippen molar-refractivity contribution in [1.82, 2.24) is 15.1 Å². The number of rotatable bonds is 7. The zero-order chi connectivity index (χ0) is 21.5. The monoisotopic (exact) mass is 416 g/mol. The van der Waals surface area contributed by atoms with Crippen molar-refractivity contribution in [3.63, 3.8) is 0 Å². The van der Waals surface area contributed by atoms with E-state index in [1.54, 1.807) is 0 Å². The molecule has 2 aromatic carbocycles. The standard InChI is InChI=1S/C22H26F2N4O2/c1-27-10-12-28(13-11-27)9-8-16-2-5-18(6-3-16)26-21(29)15-25-22(30)17-4-7-19(23)20(24)14-17/h2-7,14H,8-13,15H2,1H3,(H,25,30)(H,26,29). The van der Waals surface area contributed by atoms with Crippen LogP contribution in [0.3, 0.4) is 0 Å². The van der Waals surface area contributed by atoms with Crippen molar-refractivity contribution in [2.75, 3.05) is 51.6 Å². The van der Waals surface area contributed by atoms with Crippen LogP contribution in [-0.2, 0) is 11.2 Å². The van der Waals surface area contributed by atoms with E-state index in [0.717, 1.165) is 57.3 Å². The van der Waals surface area contributed by atoms with Gasteiger partial charge in [0, 0.05) is 44.0 Å². The summed E-state index contributed by atoms with van der Waals surface area (Å²) in [6.45, 7) is 5.09. The Labute approximate surface area is 174 Å². The Morgan fingerprint density at radius 2 is 1.67 bits per heavy atom. The molecular weight excluding hydrogens is 390 g/mol. The van der Waals surface area contributed by atoms with Crippen molar-refractivity contribution >= 4 is 17.5 Å². The summed E-state index contributed by atoms with van der Waals surface area (Å²) in [6.07, 6.45) is 0.947. The van der Waals surface area contributed by atoms with Gasteiger partial charge in [-0.15, -0.1) is 0 Å². The van der Waals surface area contributed by atoms with Crippen molar-refractivity contribution in [1.29, 1.82) is 0 Å². The summed E-state index contributed by atoms with van der Waals surface area (Å²) in [4.78, 5) is 28.8. The van der Waals surface area contributed by atoms with E-state index in [1.165, 1.54) is 5.56 Å². The second kappa shape index (κ2) is 10.3. The lowest BCUT2D eigenvalue weighted by Gasteiger charge is -2.32. The van der Waals surface area contributed by atoms with E-state index in [1.807, 2.05) is 24.3 Å². The summed E-state index contributed by atoms with van der Waals surface area (Å²) in [7, 11) is 2.14. The molecule has 0 radical (unpaired) electrons. The topological polar surface area (TPSA) is 64.7 Å². The molecule has 6 nitrogen and oxygen atoms in total. The maximum Gasteiger partial charge on any atom is 0.251 e. The first-order valence-corrected chi connectivity index (χ1v) is 9.93. The first-order valence-electron chi connectivity index (χ1n) is 9.93. The van der Waals surface area contributed by atoms with Gasteiger partial charge in [-0.2, -0.15) is 0 Å². The molecule has 0 saturated carbocycles. The summed E-state index contributed by atoms with van der Waals surface area (Å²) in [5.74, 6) is -3.20. The summed E-state index contributed by atoms with van der Waals surface area (Å²) >= 11 is 0. The number of anilines is 1. The van der Waals surface area contributed by atoms with Crippen LogP contribution >= 0.6 is 0 Å². The molecule has 1 heterocycles. The smallest absolute Gasteiger partial charge is 0.251 e. The fraction of sp³-hybridized carbons (Fsp3) is 0.364. The highest BCUT2D eigenvalue weighted by Crippen LogP contribution is 2.12. The Hall–Kier alpha value is -2.84. The van der Waals surface area contributed by atoms with Gasteiger partial charge in [-0.05, 0) is 49.4 Å². The molecule has 3 rings (SSSR count). The van der Waals surface area contributed by atoms with Gasteiger partial charge in [-0.1, -0.05) is 12.1 Å². The van der Waals surface area contributed by atoms with Gasteiger partial charge in [0.1, 0.15) is 0 Å². The second-order valence-electron chi connectivity index (χ2n) is 7.45. The van der Waals surface area contributed by atoms with Gasteiger partial charge in [0.05, 0.1) is 6.54 Å². The quantitative estimate of drug-likeness (QED) is 0.726. The number of nitrogens with zero attached hydrogens (tertiary/aromatic N) is 2. The lowest BCUT2D eigenvalue weighted by Crippen LogP contribution is -2.45. The number of hydrogen-bond donors (Lipinski definition) is 2. The molecule has 160 valence electrons. The molecule has 1 saturated heterocycles. The van der Waals surface area contributed by atoms with Gasteiger partial charge in [0.2, 0.25) is 5.91 Å². The van der Waals surface area contributed by atoms with Crippen LogP contribution in [0.1, 0.15) is 15.9 Å². The van der Waals surface area contributed by atoms with Crippen molar-refractivity contribution in [2.24, 2.45) is 0 Å². The highest BCUT2D eigenvalue weighted by atomic mass is 19.2. The number of hydrogen-bond acceptors (Lipinski definition) is 4. The van der Waals surface area contributed by atoms with E-state index in [4.69, 9.17) is 0 Å². The number of nitrogens with one attached hydrogen (secondary N) is 2. The molecule has 0 aliphatic carbocycles. The lowest BCUT2D eigenvalue weighted by molar-refractivity contribution is -0.115. The number of carbonyl (C=O) groups is 2. The van der Waals surface area contributed by atoms with Crippen LogP contribution < -0.4 is 10.6 Å². The lowest BCUT2D eigenvalue weighted by atomic mass is 10.1. The van der Waals surface area contributed by atoms with Crippen molar-refractivity contribution in [3.05, 3.63) is 65.2 Å². The normalized spacial score (nSPS) is 15.0. The molecule has 1 aliphatic heterocycles. The largest absolute Gasteiger partial charge is 0.343 e. The minimum atomic E-state index is -1.11. The van der Waals surface area contributed by atoms with Gasteiger partial charge < -0.3 is 20.4 Å². The average Bonchev–Trinajstić information content (AvgIpc) is 2.74. The highest BCUT2D eigenvalue weighted by Gasteiger charge is 2.13. The maximum atomic E-state index is 13.2. The Balaban J connectivity index is 1.41. The Kier molecular flexibility index (Phi) is 7.48. The van der Waals surface area contributed by atoms with Crippen molar-refractivity contribution < 1.29 is 18.4 Å². The number of carbonyl (C=O) groups excluding carboxylic acids is 2. The summed E-state index contributed by atoms with van der Waals surface area (Å²) in [6, 6.07) is 10.4. The Morgan fingerprint density at radius 1 is 0.967 bits per heavy atom. The van der Waals surface area contributed by atoms with Crippen LogP contribution in [0, 0.1) is 11.6 Å². The zero-order valence-electron chi connectivity index (χ0n) is 17.0. The van der Waals surface area contributed by atoms with Crippen molar-refractivity contribution in [3.8, 4) is 0 Å². The van der Waals surface area contributed by atoms with E-state index in [0.29, 0.717) is 5.69 Å². The van der Waals surface area contributed by atoms with Gasteiger partial charge in [0.25, 0.3) is 5.91 Å². The number of piperazine rings is 1. The molecule has 2 N–H and O–H groups in total. The third-order valence-corrected chi connectivity index (χ3v) is 5.14. The predicted molar refractivity (Wildman–Crippen MR) is 111 cm³/mol. The molecule has 0 aromatic heterocycles. The van der Waals surface area contributed by atoms with Crippen LogP contribution in [0.4, 0.5) is 14.5 Å². The molecule has 0 bridgehead atoms. The van der Waals surface area contributed by atoms with Gasteiger partial charge in [-0.3, -0.25) is 9.59 Å². The van der Waals surface area contributed by atoms with E-state index in [2.05, 4.69) is 27.5 Å². The number of halogens is 2. The zero-order valence-corrected chi connectivity index (χ0v) is 17.0. The van der Waals surface area contributed by atoms with E-state index >= 15 is 0 Å². The van der Waals surface area contributed by atoms with Gasteiger partial charge >= 0.3 is 0 Å². The minimum Gasteiger partial charge on any atom is -0.343 e. The molecule has 0 spiro atoms. The Bertz CT molecular complexity index is 881. The number of likely N-dealkylation sites (N-methyl/N-ethyl adjacent to an activating group) is 1. The van der Waals surface area contributed by atoms with E-state index < -0.39 is 23.4 Å². The molecule has 2 aromatic rings. The molecule has 30 heavy (non-hydrogen) atoms. The molecule has 1 aliphatic rings. The first-order chi connectivity index (χ1) is 14.4. The van der Waals surface area contributed by atoms with Crippen LogP contribution in [0.25, 0.3) is 0 Å². The highest BCUT2D eigenvalue weighted by molar-refractivity contribution is 5.99.